The smallest absolute Gasteiger partial charge is 0.220 e. The van der Waals surface area contributed by atoms with E-state index in [1.165, 1.54) is 39.0 Å². The van der Waals surface area contributed by atoms with Crippen molar-refractivity contribution in [3.8, 4) is 0 Å². The topological polar surface area (TPSA) is 286 Å². The third-order valence-corrected chi connectivity index (χ3v) is 8.94. The first-order valence-corrected chi connectivity index (χ1v) is 17.1. The Morgan fingerprint density at radius 2 is 1.49 bits per heavy atom. The molecule has 0 bridgehead atoms. The third-order valence-electron chi connectivity index (χ3n) is 8.94. The second kappa shape index (κ2) is 21.9. The van der Waals surface area contributed by atoms with E-state index in [0.29, 0.717) is 6.42 Å². The van der Waals surface area contributed by atoms with Gasteiger partial charge in [-0.3, -0.25) is 4.79 Å². The Kier molecular flexibility index (Phi) is 19.6. The third kappa shape index (κ3) is 13.3. The lowest BCUT2D eigenvalue weighted by atomic mass is 9.84. The fourth-order valence-corrected chi connectivity index (χ4v) is 5.88. The van der Waals surface area contributed by atoms with Gasteiger partial charge in [0.1, 0.15) is 48.8 Å². The van der Waals surface area contributed by atoms with Crippen molar-refractivity contribution in [1.82, 2.24) is 5.32 Å². The molecule has 0 aromatic heterocycles. The van der Waals surface area contributed by atoms with Gasteiger partial charge in [-0.15, -0.1) is 0 Å². The molecule has 278 valence electrons. The normalized spacial score (nSPS) is 34.0. The van der Waals surface area contributed by atoms with E-state index in [1.807, 2.05) is 0 Å². The first-order chi connectivity index (χ1) is 22.4. The van der Waals surface area contributed by atoms with Crippen LogP contribution >= 0.6 is 0 Å². The summed E-state index contributed by atoms with van der Waals surface area (Å²) in [5.41, 5.74) is 18.3. The van der Waals surface area contributed by atoms with Gasteiger partial charge in [-0.2, -0.15) is 0 Å². The summed E-state index contributed by atoms with van der Waals surface area (Å²) in [6.45, 7) is 2.09. The van der Waals surface area contributed by atoms with Crippen LogP contribution < -0.4 is 22.5 Å². The number of carbonyl (C=O) groups excluding carboxylic acids is 1. The molecule has 2 fully saturated rings. The van der Waals surface area contributed by atoms with E-state index in [-0.39, 0.29) is 18.9 Å². The number of hydrogen-bond acceptors (Lipinski definition) is 15. The molecule has 0 radical (unpaired) electrons. The molecule has 1 aliphatic heterocycles. The Labute approximate surface area is 277 Å². The summed E-state index contributed by atoms with van der Waals surface area (Å²) in [5.74, 6) is -0.219. The largest absolute Gasteiger partial charge is 0.394 e. The number of carbonyl (C=O) groups is 1. The molecular weight excluding hydrogens is 620 g/mol. The zero-order chi connectivity index (χ0) is 35.1. The van der Waals surface area contributed by atoms with E-state index in [2.05, 4.69) is 12.2 Å². The van der Waals surface area contributed by atoms with Crippen molar-refractivity contribution in [3.05, 3.63) is 0 Å². The molecule has 16 nitrogen and oxygen atoms in total. The number of unbranched alkanes of at least 4 members (excludes halogenated alkanes) is 8. The molecule has 2 rings (SSSR count). The van der Waals surface area contributed by atoms with E-state index in [1.54, 1.807) is 0 Å². The predicted octanol–water partition coefficient (Wildman–Crippen LogP) is -2.58. The van der Waals surface area contributed by atoms with Gasteiger partial charge < -0.3 is 77.2 Å². The van der Waals surface area contributed by atoms with Crippen molar-refractivity contribution < 1.29 is 59.5 Å². The van der Waals surface area contributed by atoms with Crippen LogP contribution in [0.1, 0.15) is 84.5 Å². The van der Waals surface area contributed by atoms with E-state index < -0.39 is 98.9 Å². The summed E-state index contributed by atoms with van der Waals surface area (Å²) in [5, 5.41) is 74.8. The molecule has 2 aliphatic rings. The van der Waals surface area contributed by atoms with Crippen LogP contribution in [0.3, 0.4) is 0 Å². The van der Waals surface area contributed by atoms with Gasteiger partial charge in [0.2, 0.25) is 5.91 Å². The Balaban J connectivity index is 1.97. The van der Waals surface area contributed by atoms with Crippen LogP contribution in [0.2, 0.25) is 0 Å². The Morgan fingerprint density at radius 3 is 2.06 bits per heavy atom. The number of ether oxygens (including phenoxy) is 4. The average Bonchev–Trinajstić information content (AvgIpc) is 3.04. The Bertz CT molecular complexity index is 861. The summed E-state index contributed by atoms with van der Waals surface area (Å²) < 4.78 is 23.0. The van der Waals surface area contributed by atoms with Crippen LogP contribution in [0.25, 0.3) is 0 Å². The molecule has 1 amide bonds. The first-order valence-electron chi connectivity index (χ1n) is 17.1. The van der Waals surface area contributed by atoms with Gasteiger partial charge in [-0.05, 0) is 19.8 Å². The zero-order valence-electron chi connectivity index (χ0n) is 27.9. The second-order valence-corrected chi connectivity index (χ2v) is 13.0. The molecule has 11 unspecified atom stereocenters. The molecule has 0 aromatic rings. The van der Waals surface area contributed by atoms with E-state index in [9.17, 15) is 40.5 Å². The molecule has 1 aliphatic carbocycles. The maximum absolute atomic E-state index is 12.5. The average molecular weight is 683 g/mol. The summed E-state index contributed by atoms with van der Waals surface area (Å²) >= 11 is 0. The standard InChI is InChI=1S/C31H62N4O12/c1-3-4-5-6-7-8-9-10-11-12-23(40)35-14-21(17(2)38)44-30(20(39)15-36)46-28-18(32)13-19(33)29(27(28)43)47-31-26(42)24(34)25(41)22(16-37)45-31/h17-22,24-31,36-39,41-43H,3-16,32-34H2,1-2H3,(H,35,40)/t17-,18?,19-,20-,21?,22?,24?,25?,26?,27?,28?,29?,30?,31?/m0/s1. The number of rotatable bonds is 22. The summed E-state index contributed by atoms with van der Waals surface area (Å²) in [6.07, 6.45) is -4.62. The first kappa shape index (κ1) is 42.1. The van der Waals surface area contributed by atoms with Gasteiger partial charge in [0.25, 0.3) is 0 Å². The molecule has 0 aromatic carbocycles. The van der Waals surface area contributed by atoms with Crippen molar-refractivity contribution in [2.45, 2.75) is 170 Å². The lowest BCUT2D eigenvalue weighted by Gasteiger charge is -2.47. The Hall–Kier alpha value is -1.09. The number of nitrogens with two attached hydrogens (primary N) is 3. The molecule has 14 atom stereocenters. The predicted molar refractivity (Wildman–Crippen MR) is 170 cm³/mol. The number of hydrogen-bond donors (Lipinski definition) is 11. The van der Waals surface area contributed by atoms with Gasteiger partial charge in [0.05, 0.1) is 25.4 Å². The van der Waals surface area contributed by atoms with Crippen LogP contribution in [-0.4, -0.2) is 147 Å². The number of aliphatic hydroxyl groups excluding tert-OH is 7. The zero-order valence-corrected chi connectivity index (χ0v) is 27.9. The van der Waals surface area contributed by atoms with E-state index in [0.717, 1.165) is 25.7 Å². The van der Waals surface area contributed by atoms with Gasteiger partial charge in [0, 0.05) is 25.0 Å². The van der Waals surface area contributed by atoms with Crippen LogP contribution in [0.15, 0.2) is 0 Å². The minimum absolute atomic E-state index is 0.0456. The van der Waals surface area contributed by atoms with Gasteiger partial charge in [-0.25, -0.2) is 0 Å². The highest BCUT2D eigenvalue weighted by Crippen LogP contribution is 2.29. The lowest BCUT2D eigenvalue weighted by molar-refractivity contribution is -0.316. The van der Waals surface area contributed by atoms with Gasteiger partial charge in [0.15, 0.2) is 12.6 Å². The van der Waals surface area contributed by atoms with Crippen molar-refractivity contribution in [2.75, 3.05) is 19.8 Å². The van der Waals surface area contributed by atoms with Gasteiger partial charge >= 0.3 is 0 Å². The van der Waals surface area contributed by atoms with Crippen molar-refractivity contribution >= 4 is 5.91 Å². The highest BCUT2D eigenvalue weighted by Gasteiger charge is 2.49. The summed E-state index contributed by atoms with van der Waals surface area (Å²) in [7, 11) is 0. The summed E-state index contributed by atoms with van der Waals surface area (Å²) in [4.78, 5) is 12.5. The highest BCUT2D eigenvalue weighted by molar-refractivity contribution is 5.75. The maximum Gasteiger partial charge on any atom is 0.220 e. The minimum atomic E-state index is -1.63. The van der Waals surface area contributed by atoms with Gasteiger partial charge in [-0.1, -0.05) is 58.3 Å². The number of aliphatic hydroxyl groups is 7. The number of nitrogens with one attached hydrogen (secondary N) is 1. The molecule has 1 saturated carbocycles. The molecule has 1 saturated heterocycles. The van der Waals surface area contributed by atoms with E-state index in [4.69, 9.17) is 36.1 Å². The second-order valence-electron chi connectivity index (χ2n) is 13.0. The lowest BCUT2D eigenvalue weighted by Crippen LogP contribution is -2.67. The van der Waals surface area contributed by atoms with Crippen molar-refractivity contribution in [3.63, 3.8) is 0 Å². The van der Waals surface area contributed by atoms with Crippen LogP contribution in [-0.2, 0) is 23.7 Å². The fraction of sp³-hybridized carbons (Fsp3) is 0.968. The molecule has 1 heterocycles. The Morgan fingerprint density at radius 1 is 0.894 bits per heavy atom. The molecule has 0 spiro atoms. The van der Waals surface area contributed by atoms with E-state index >= 15 is 0 Å². The quantitative estimate of drug-likeness (QED) is 0.0413. The van der Waals surface area contributed by atoms with Crippen LogP contribution in [0.5, 0.6) is 0 Å². The van der Waals surface area contributed by atoms with Crippen LogP contribution in [0.4, 0.5) is 0 Å². The monoisotopic (exact) mass is 682 g/mol. The van der Waals surface area contributed by atoms with Crippen molar-refractivity contribution in [1.29, 1.82) is 0 Å². The number of amides is 1. The van der Waals surface area contributed by atoms with Crippen molar-refractivity contribution in [2.24, 2.45) is 17.2 Å². The molecule has 47 heavy (non-hydrogen) atoms. The molecule has 16 heteroatoms. The minimum Gasteiger partial charge on any atom is -0.394 e. The maximum atomic E-state index is 12.5. The SMILES string of the molecule is CCCCCCCCCCCC(=O)NCC(OC(OC1C(N)C[C@H](N)C(OC2OC(CO)C(O)C(N)C2O)C1O)[C@@H](O)CO)[C@H](C)O. The fourth-order valence-electron chi connectivity index (χ4n) is 5.88. The summed E-state index contributed by atoms with van der Waals surface area (Å²) in [6, 6.07) is -3.00. The van der Waals surface area contributed by atoms with Crippen LogP contribution in [0, 0.1) is 0 Å². The highest BCUT2D eigenvalue weighted by atomic mass is 16.7. The molecule has 14 N–H and O–H groups in total. The molecular formula is C31H62N4O12.